The van der Waals surface area contributed by atoms with Crippen molar-refractivity contribution in [3.8, 4) is 10.4 Å². The van der Waals surface area contributed by atoms with Gasteiger partial charge < -0.3 is 4.90 Å². The summed E-state index contributed by atoms with van der Waals surface area (Å²) < 4.78 is 0. The number of rotatable bonds is 4. The Balaban J connectivity index is 1.63. The zero-order valence-electron chi connectivity index (χ0n) is 13.0. The van der Waals surface area contributed by atoms with Crippen LogP contribution in [0, 0.1) is 6.92 Å². The molecule has 3 nitrogen and oxygen atoms in total. The molecule has 0 N–H and O–H groups in total. The second kappa shape index (κ2) is 6.26. The second-order valence-corrected chi connectivity index (χ2v) is 7.32. The monoisotopic (exact) mass is 301 g/mol. The maximum absolute atomic E-state index is 4.33. The van der Waals surface area contributed by atoms with Crippen LogP contribution in [0.1, 0.15) is 17.0 Å². The maximum atomic E-state index is 4.33. The van der Waals surface area contributed by atoms with Crippen molar-refractivity contribution >= 4 is 11.3 Å². The van der Waals surface area contributed by atoms with Crippen LogP contribution < -0.4 is 0 Å². The first-order valence-electron chi connectivity index (χ1n) is 7.52. The van der Waals surface area contributed by atoms with Gasteiger partial charge in [-0.25, -0.2) is 4.98 Å². The fourth-order valence-corrected chi connectivity index (χ4v) is 3.69. The largest absolute Gasteiger partial charge is 0.305 e. The molecule has 0 radical (unpaired) electrons. The van der Waals surface area contributed by atoms with Crippen molar-refractivity contribution in [2.24, 2.45) is 0 Å². The molecule has 1 unspecified atom stereocenters. The van der Waals surface area contributed by atoms with Crippen molar-refractivity contribution in [1.82, 2.24) is 14.8 Å². The number of hydrogen-bond donors (Lipinski definition) is 0. The van der Waals surface area contributed by atoms with Crippen molar-refractivity contribution < 1.29 is 0 Å². The van der Waals surface area contributed by atoms with E-state index in [0.717, 1.165) is 11.6 Å². The first kappa shape index (κ1) is 14.7. The first-order chi connectivity index (χ1) is 10.1. The topological polar surface area (TPSA) is 19.4 Å². The molecule has 0 amide bonds. The number of likely N-dealkylation sites (tertiary alicyclic amines) is 1. The first-order valence-corrected chi connectivity index (χ1v) is 8.34. The molecule has 0 spiro atoms. The van der Waals surface area contributed by atoms with Crippen molar-refractivity contribution in [3.63, 3.8) is 0 Å². The lowest BCUT2D eigenvalue weighted by Gasteiger charge is -2.20. The van der Waals surface area contributed by atoms with Gasteiger partial charge in [0.1, 0.15) is 0 Å². The molecule has 2 aromatic rings. The Bertz CT molecular complexity index is 588. The molecule has 1 aliphatic heterocycles. The summed E-state index contributed by atoms with van der Waals surface area (Å²) in [5, 5.41) is 1.13. The molecule has 1 aromatic heterocycles. The van der Waals surface area contributed by atoms with E-state index in [9.17, 15) is 0 Å². The Labute approximate surface area is 131 Å². The Morgan fingerprint density at radius 3 is 2.62 bits per heavy atom. The Hall–Kier alpha value is -1.23. The summed E-state index contributed by atoms with van der Waals surface area (Å²) in [4.78, 5) is 10.5. The fraction of sp³-hybridized carbons (Fsp3) is 0.471. The fourth-order valence-electron chi connectivity index (χ4n) is 2.90. The van der Waals surface area contributed by atoms with Gasteiger partial charge in [0, 0.05) is 31.9 Å². The molecule has 112 valence electrons. The SMILES string of the molecule is Cc1ncc(-c2ccc(CN3CCC(N(C)C)C3)cc2)s1. The van der Waals surface area contributed by atoms with Gasteiger partial charge in [-0.3, -0.25) is 4.90 Å². The second-order valence-electron chi connectivity index (χ2n) is 6.08. The van der Waals surface area contributed by atoms with Gasteiger partial charge in [-0.15, -0.1) is 11.3 Å². The van der Waals surface area contributed by atoms with E-state index in [1.165, 1.54) is 35.5 Å². The van der Waals surface area contributed by atoms with E-state index in [-0.39, 0.29) is 0 Å². The van der Waals surface area contributed by atoms with Gasteiger partial charge in [0.05, 0.1) is 9.88 Å². The van der Waals surface area contributed by atoms with E-state index in [1.807, 2.05) is 6.20 Å². The van der Waals surface area contributed by atoms with Gasteiger partial charge in [-0.2, -0.15) is 0 Å². The molecule has 3 rings (SSSR count). The molecule has 1 atom stereocenters. The minimum absolute atomic E-state index is 0.712. The zero-order valence-corrected chi connectivity index (χ0v) is 13.9. The van der Waals surface area contributed by atoms with Gasteiger partial charge >= 0.3 is 0 Å². The number of thiazole rings is 1. The average Bonchev–Trinajstić information content (AvgIpc) is 3.09. The third-order valence-corrected chi connectivity index (χ3v) is 5.21. The van der Waals surface area contributed by atoms with E-state index in [0.29, 0.717) is 6.04 Å². The lowest BCUT2D eigenvalue weighted by Crippen LogP contribution is -2.31. The molecule has 0 bridgehead atoms. The Morgan fingerprint density at radius 1 is 1.29 bits per heavy atom. The molecule has 1 fully saturated rings. The summed E-state index contributed by atoms with van der Waals surface area (Å²) in [6.45, 7) is 5.50. The minimum atomic E-state index is 0.712. The van der Waals surface area contributed by atoms with Gasteiger partial charge in [0.2, 0.25) is 0 Å². The smallest absolute Gasteiger partial charge is 0.0900 e. The Kier molecular flexibility index (Phi) is 4.38. The lowest BCUT2D eigenvalue weighted by molar-refractivity contribution is 0.264. The number of nitrogens with zero attached hydrogens (tertiary/aromatic N) is 3. The van der Waals surface area contributed by atoms with Gasteiger partial charge in [0.15, 0.2) is 0 Å². The van der Waals surface area contributed by atoms with Gasteiger partial charge in [-0.05, 0) is 38.6 Å². The van der Waals surface area contributed by atoms with Crippen molar-refractivity contribution in [1.29, 1.82) is 0 Å². The summed E-state index contributed by atoms with van der Waals surface area (Å²) in [5.74, 6) is 0. The zero-order chi connectivity index (χ0) is 14.8. The van der Waals surface area contributed by atoms with E-state index in [2.05, 4.69) is 60.1 Å². The highest BCUT2D eigenvalue weighted by atomic mass is 32.1. The Morgan fingerprint density at radius 2 is 2.05 bits per heavy atom. The molecule has 21 heavy (non-hydrogen) atoms. The highest BCUT2D eigenvalue weighted by Gasteiger charge is 2.23. The summed E-state index contributed by atoms with van der Waals surface area (Å²) in [6, 6.07) is 9.68. The number of benzene rings is 1. The molecule has 0 saturated carbocycles. The van der Waals surface area contributed by atoms with E-state index >= 15 is 0 Å². The van der Waals surface area contributed by atoms with E-state index in [1.54, 1.807) is 11.3 Å². The number of aryl methyl sites for hydroxylation is 1. The third-order valence-electron chi connectivity index (χ3n) is 4.24. The lowest BCUT2D eigenvalue weighted by atomic mass is 10.1. The van der Waals surface area contributed by atoms with Crippen LogP contribution in [-0.2, 0) is 6.54 Å². The van der Waals surface area contributed by atoms with Crippen molar-refractivity contribution in [2.45, 2.75) is 25.9 Å². The van der Waals surface area contributed by atoms with Crippen LogP contribution in [0.3, 0.4) is 0 Å². The van der Waals surface area contributed by atoms with Gasteiger partial charge in [-0.1, -0.05) is 24.3 Å². The molecular formula is C17H23N3S. The van der Waals surface area contributed by atoms with Crippen molar-refractivity contribution in [3.05, 3.63) is 41.0 Å². The molecule has 2 heterocycles. The van der Waals surface area contributed by atoms with Crippen LogP contribution in [0.25, 0.3) is 10.4 Å². The predicted octanol–water partition coefficient (Wildman–Crippen LogP) is 3.25. The van der Waals surface area contributed by atoms with Crippen LogP contribution in [0.15, 0.2) is 30.5 Å². The van der Waals surface area contributed by atoms with E-state index in [4.69, 9.17) is 0 Å². The van der Waals surface area contributed by atoms with Crippen LogP contribution in [0.5, 0.6) is 0 Å². The quantitative estimate of drug-likeness (QED) is 0.864. The number of aromatic nitrogens is 1. The third kappa shape index (κ3) is 3.51. The summed E-state index contributed by atoms with van der Waals surface area (Å²) in [5.41, 5.74) is 2.68. The standard InChI is InChI=1S/C17H23N3S/c1-13-18-10-17(21-13)15-6-4-14(5-7-15)11-20-9-8-16(12-20)19(2)3/h4-7,10,16H,8-9,11-12H2,1-3H3. The summed E-state index contributed by atoms with van der Waals surface area (Å²) in [7, 11) is 4.36. The highest BCUT2D eigenvalue weighted by molar-refractivity contribution is 7.15. The van der Waals surface area contributed by atoms with Crippen LogP contribution in [0.4, 0.5) is 0 Å². The normalized spacial score (nSPS) is 19.5. The van der Waals surface area contributed by atoms with Gasteiger partial charge in [0.25, 0.3) is 0 Å². The minimum Gasteiger partial charge on any atom is -0.305 e. The molecule has 1 aliphatic rings. The number of likely N-dealkylation sites (N-methyl/N-ethyl adjacent to an activating group) is 1. The molecule has 1 saturated heterocycles. The predicted molar refractivity (Wildman–Crippen MR) is 89.7 cm³/mol. The number of hydrogen-bond acceptors (Lipinski definition) is 4. The van der Waals surface area contributed by atoms with Crippen LogP contribution in [0.2, 0.25) is 0 Å². The summed E-state index contributed by atoms with van der Waals surface area (Å²) >= 11 is 1.76. The summed E-state index contributed by atoms with van der Waals surface area (Å²) in [6.07, 6.45) is 3.25. The molecule has 4 heteroatoms. The van der Waals surface area contributed by atoms with Crippen molar-refractivity contribution in [2.75, 3.05) is 27.2 Å². The highest BCUT2D eigenvalue weighted by Crippen LogP contribution is 2.26. The molecular weight excluding hydrogens is 278 g/mol. The molecule has 0 aliphatic carbocycles. The van der Waals surface area contributed by atoms with E-state index < -0.39 is 0 Å². The van der Waals surface area contributed by atoms with Crippen LogP contribution in [-0.4, -0.2) is 48.0 Å². The average molecular weight is 301 g/mol. The maximum Gasteiger partial charge on any atom is 0.0900 e. The van der Waals surface area contributed by atoms with Crippen LogP contribution >= 0.6 is 11.3 Å². The molecule has 1 aromatic carbocycles.